The third-order valence-electron chi connectivity index (χ3n) is 4.01. The quantitative estimate of drug-likeness (QED) is 0.740. The minimum Gasteiger partial charge on any atom is -0.481 e. The highest BCUT2D eigenvalue weighted by Crippen LogP contribution is 2.22. The summed E-state index contributed by atoms with van der Waals surface area (Å²) in [7, 11) is 1.82. The Morgan fingerprint density at radius 1 is 1.19 bits per heavy atom. The van der Waals surface area contributed by atoms with Gasteiger partial charge in [0.1, 0.15) is 23.4 Å². The van der Waals surface area contributed by atoms with Crippen LogP contribution in [0.1, 0.15) is 24.4 Å². The lowest BCUT2D eigenvalue weighted by molar-refractivity contribution is -0.127. The van der Waals surface area contributed by atoms with E-state index in [1.54, 1.807) is 48.1 Å². The lowest BCUT2D eigenvalue weighted by Gasteiger charge is -2.22. The van der Waals surface area contributed by atoms with Gasteiger partial charge in [0, 0.05) is 19.4 Å². The number of halogens is 1. The first-order valence-electron chi connectivity index (χ1n) is 8.29. The Hall–Kier alpha value is -3.15. The van der Waals surface area contributed by atoms with Crippen molar-refractivity contribution in [1.82, 2.24) is 14.9 Å². The van der Waals surface area contributed by atoms with Crippen molar-refractivity contribution >= 4 is 5.91 Å². The van der Waals surface area contributed by atoms with Gasteiger partial charge in [-0.15, -0.1) is 0 Å². The maximum Gasteiger partial charge on any atom is 0.261 e. The number of aromatic nitrogens is 2. The highest BCUT2D eigenvalue weighted by Gasteiger charge is 2.24. The number of ether oxygens (including phenoxy) is 1. The van der Waals surface area contributed by atoms with Crippen LogP contribution in [0, 0.1) is 5.82 Å². The number of carbonyl (C=O) groups is 1. The summed E-state index contributed by atoms with van der Waals surface area (Å²) in [6.07, 6.45) is 2.70. The maximum atomic E-state index is 13.7. The summed E-state index contributed by atoms with van der Waals surface area (Å²) in [6.45, 7) is 1.67. The van der Waals surface area contributed by atoms with Crippen molar-refractivity contribution in [2.75, 3.05) is 0 Å². The fourth-order valence-electron chi connectivity index (χ4n) is 2.65. The van der Waals surface area contributed by atoms with Gasteiger partial charge in [0.05, 0.1) is 0 Å². The molecule has 2 aromatic carbocycles. The first-order valence-corrected chi connectivity index (χ1v) is 8.29. The molecule has 1 aromatic heterocycles. The first-order chi connectivity index (χ1) is 12.5. The summed E-state index contributed by atoms with van der Waals surface area (Å²) in [4.78, 5) is 17.0. The Morgan fingerprint density at radius 3 is 2.62 bits per heavy atom. The summed E-state index contributed by atoms with van der Waals surface area (Å²) in [5.74, 6) is 0.529. The van der Waals surface area contributed by atoms with Gasteiger partial charge in [-0.25, -0.2) is 9.37 Å². The van der Waals surface area contributed by atoms with Gasteiger partial charge >= 0.3 is 0 Å². The number of para-hydroxylation sites is 1. The molecule has 3 aromatic rings. The van der Waals surface area contributed by atoms with Crippen LogP contribution in [0.3, 0.4) is 0 Å². The second-order valence-corrected chi connectivity index (χ2v) is 5.97. The Labute approximate surface area is 151 Å². The Balaban J connectivity index is 1.81. The molecule has 0 spiro atoms. The summed E-state index contributed by atoms with van der Waals surface area (Å²) in [6, 6.07) is 14.6. The van der Waals surface area contributed by atoms with Crippen molar-refractivity contribution in [2.24, 2.45) is 7.05 Å². The maximum absolute atomic E-state index is 13.7. The largest absolute Gasteiger partial charge is 0.481 e. The Bertz CT molecular complexity index is 880. The van der Waals surface area contributed by atoms with E-state index >= 15 is 0 Å². The molecule has 26 heavy (non-hydrogen) atoms. The van der Waals surface area contributed by atoms with Gasteiger partial charge < -0.3 is 14.6 Å². The average molecular weight is 353 g/mol. The van der Waals surface area contributed by atoms with E-state index in [0.29, 0.717) is 17.1 Å². The van der Waals surface area contributed by atoms with E-state index < -0.39 is 12.1 Å². The summed E-state index contributed by atoms with van der Waals surface area (Å²) in [5, 5.41) is 2.91. The molecule has 0 saturated carbocycles. The van der Waals surface area contributed by atoms with E-state index in [0.717, 1.165) is 0 Å². The number of carbonyl (C=O) groups excluding carboxylic acids is 1. The summed E-state index contributed by atoms with van der Waals surface area (Å²) < 4.78 is 21.1. The molecule has 0 aliphatic carbocycles. The van der Waals surface area contributed by atoms with Crippen LogP contribution >= 0.6 is 0 Å². The fraction of sp³-hybridized carbons (Fsp3) is 0.200. The number of amides is 1. The molecule has 0 bridgehead atoms. The number of nitrogens with zero attached hydrogens (tertiary/aromatic N) is 2. The molecule has 6 heteroatoms. The number of benzene rings is 2. The van der Waals surface area contributed by atoms with Crippen molar-refractivity contribution in [2.45, 2.75) is 19.1 Å². The SMILES string of the molecule is C[C@H](Oc1ccccc1)C(=O)N[C@@H](c1cccc(F)c1)c1nccn1C. The molecule has 1 amide bonds. The van der Waals surface area contributed by atoms with Gasteiger partial charge in [0.15, 0.2) is 6.10 Å². The molecule has 1 N–H and O–H groups in total. The molecule has 3 rings (SSSR count). The number of hydrogen-bond acceptors (Lipinski definition) is 3. The smallest absolute Gasteiger partial charge is 0.261 e. The Kier molecular flexibility index (Phi) is 5.31. The zero-order chi connectivity index (χ0) is 18.5. The van der Waals surface area contributed by atoms with E-state index in [2.05, 4.69) is 10.3 Å². The monoisotopic (exact) mass is 353 g/mol. The van der Waals surface area contributed by atoms with Crippen molar-refractivity contribution in [1.29, 1.82) is 0 Å². The van der Waals surface area contributed by atoms with Gasteiger partial charge in [-0.1, -0.05) is 30.3 Å². The van der Waals surface area contributed by atoms with Crippen LogP contribution in [0.5, 0.6) is 5.75 Å². The normalized spacial score (nSPS) is 13.0. The van der Waals surface area contributed by atoms with Crippen LogP contribution in [0.4, 0.5) is 4.39 Å². The van der Waals surface area contributed by atoms with Crippen molar-refractivity contribution in [3.05, 3.63) is 84.2 Å². The number of rotatable bonds is 6. The van der Waals surface area contributed by atoms with Crippen LogP contribution in [0.15, 0.2) is 67.0 Å². The molecule has 0 fully saturated rings. The first kappa shape index (κ1) is 17.7. The van der Waals surface area contributed by atoms with Crippen molar-refractivity contribution < 1.29 is 13.9 Å². The third kappa shape index (κ3) is 4.08. The predicted octanol–water partition coefficient (Wildman–Crippen LogP) is 3.23. The third-order valence-corrected chi connectivity index (χ3v) is 4.01. The van der Waals surface area contributed by atoms with Crippen LogP contribution in [0.2, 0.25) is 0 Å². The number of aryl methyl sites for hydroxylation is 1. The van der Waals surface area contributed by atoms with Crippen LogP contribution < -0.4 is 10.1 Å². The molecule has 0 unspecified atom stereocenters. The lowest BCUT2D eigenvalue weighted by atomic mass is 10.1. The van der Waals surface area contributed by atoms with E-state index in [1.807, 2.05) is 25.2 Å². The average Bonchev–Trinajstić information content (AvgIpc) is 3.06. The molecule has 0 aliphatic rings. The second kappa shape index (κ2) is 7.82. The highest BCUT2D eigenvalue weighted by molar-refractivity contribution is 5.81. The molecule has 1 heterocycles. The summed E-state index contributed by atoms with van der Waals surface area (Å²) in [5.41, 5.74) is 0.611. The molecule has 0 radical (unpaired) electrons. The van der Waals surface area contributed by atoms with Crippen molar-refractivity contribution in [3.63, 3.8) is 0 Å². The molecule has 5 nitrogen and oxygen atoms in total. The molecule has 2 atom stereocenters. The van der Waals surface area contributed by atoms with Gasteiger partial charge in [0.2, 0.25) is 0 Å². The Morgan fingerprint density at radius 2 is 1.96 bits per heavy atom. The van der Waals surface area contributed by atoms with Gasteiger partial charge in [-0.3, -0.25) is 4.79 Å². The number of nitrogens with one attached hydrogen (secondary N) is 1. The van der Waals surface area contributed by atoms with Gasteiger partial charge in [-0.05, 0) is 36.8 Å². The number of imidazole rings is 1. The molecular weight excluding hydrogens is 333 g/mol. The van der Waals surface area contributed by atoms with Crippen molar-refractivity contribution in [3.8, 4) is 5.75 Å². The number of hydrogen-bond donors (Lipinski definition) is 1. The second-order valence-electron chi connectivity index (χ2n) is 5.97. The van der Waals surface area contributed by atoms with E-state index in [4.69, 9.17) is 4.74 Å². The zero-order valence-electron chi connectivity index (χ0n) is 14.6. The molecule has 0 aliphatic heterocycles. The standard InChI is InChI=1S/C20H20FN3O2/c1-14(26-17-9-4-3-5-10-17)20(25)23-18(19-22-11-12-24(19)2)15-7-6-8-16(21)13-15/h3-14,18H,1-2H3,(H,23,25)/t14-,18-/m0/s1. The van der Waals surface area contributed by atoms with Gasteiger partial charge in [-0.2, -0.15) is 0 Å². The van der Waals surface area contributed by atoms with E-state index in [9.17, 15) is 9.18 Å². The van der Waals surface area contributed by atoms with Crippen LogP contribution in [0.25, 0.3) is 0 Å². The van der Waals surface area contributed by atoms with Crippen LogP contribution in [-0.4, -0.2) is 21.6 Å². The lowest BCUT2D eigenvalue weighted by Crippen LogP contribution is -2.39. The van der Waals surface area contributed by atoms with Gasteiger partial charge in [0.25, 0.3) is 5.91 Å². The minimum absolute atomic E-state index is 0.314. The topological polar surface area (TPSA) is 56.1 Å². The summed E-state index contributed by atoms with van der Waals surface area (Å²) >= 11 is 0. The molecule has 0 saturated heterocycles. The van der Waals surface area contributed by atoms with E-state index in [1.165, 1.54) is 12.1 Å². The van der Waals surface area contributed by atoms with E-state index in [-0.39, 0.29) is 11.7 Å². The zero-order valence-corrected chi connectivity index (χ0v) is 14.6. The predicted molar refractivity (Wildman–Crippen MR) is 96.1 cm³/mol. The van der Waals surface area contributed by atoms with Crippen LogP contribution in [-0.2, 0) is 11.8 Å². The molecule has 134 valence electrons. The minimum atomic E-state index is -0.714. The molecular formula is C20H20FN3O2. The fourth-order valence-corrected chi connectivity index (χ4v) is 2.65. The highest BCUT2D eigenvalue weighted by atomic mass is 19.1.